The number of rotatable bonds is 4. The lowest BCUT2D eigenvalue weighted by Crippen LogP contribution is -2.45. The van der Waals surface area contributed by atoms with Crippen molar-refractivity contribution >= 4 is 23.2 Å². The average Bonchev–Trinajstić information content (AvgIpc) is 2.59. The molecule has 0 radical (unpaired) electrons. The number of hydrogen-bond donors (Lipinski definition) is 1. The minimum absolute atomic E-state index is 0.109. The predicted molar refractivity (Wildman–Crippen MR) is 98.0 cm³/mol. The van der Waals surface area contributed by atoms with Crippen molar-refractivity contribution in [1.29, 1.82) is 0 Å². The van der Waals surface area contributed by atoms with Gasteiger partial charge in [-0.3, -0.25) is 9.59 Å². The lowest BCUT2D eigenvalue weighted by atomic mass is 10.1. The molecule has 2 amide bonds. The van der Waals surface area contributed by atoms with Gasteiger partial charge in [0, 0.05) is 18.7 Å². The first-order valence-corrected chi connectivity index (χ1v) is 8.40. The molecule has 0 saturated carbocycles. The van der Waals surface area contributed by atoms with Crippen molar-refractivity contribution in [2.75, 3.05) is 16.8 Å². The van der Waals surface area contributed by atoms with Crippen LogP contribution in [0.15, 0.2) is 42.5 Å². The first-order chi connectivity index (χ1) is 12.0. The van der Waals surface area contributed by atoms with E-state index >= 15 is 0 Å². The van der Waals surface area contributed by atoms with E-state index < -0.39 is 6.10 Å². The number of aryl methyl sites for hydroxylation is 2. The zero-order valence-electron chi connectivity index (χ0n) is 14.7. The Bertz CT molecular complexity index is 796. The molecule has 0 aliphatic carbocycles. The van der Waals surface area contributed by atoms with Gasteiger partial charge in [0.25, 0.3) is 5.91 Å². The second-order valence-corrected chi connectivity index (χ2v) is 6.28. The van der Waals surface area contributed by atoms with Crippen molar-refractivity contribution in [2.24, 2.45) is 0 Å². The fourth-order valence-electron chi connectivity index (χ4n) is 3.02. The molecular formula is C20H22N2O3. The molecule has 130 valence electrons. The molecule has 0 spiro atoms. The Morgan fingerprint density at radius 3 is 2.52 bits per heavy atom. The summed E-state index contributed by atoms with van der Waals surface area (Å²) in [6.07, 6.45) is -0.322. The third-order valence-corrected chi connectivity index (χ3v) is 4.38. The van der Waals surface area contributed by atoms with Crippen LogP contribution >= 0.6 is 0 Å². The molecule has 2 aromatic rings. The standard InChI is InChI=1S/C20H22N2O3/c1-13-7-6-8-14(2)19(13)21-18(23)11-12-22-16-9-4-5-10-17(16)25-15(3)20(22)24/h4-10,15H,11-12H2,1-3H3,(H,21,23)/t15-/m0/s1. The number of carbonyl (C=O) groups excluding carboxylic acids is 2. The lowest BCUT2D eigenvalue weighted by molar-refractivity contribution is -0.125. The summed E-state index contributed by atoms with van der Waals surface area (Å²) in [6, 6.07) is 13.3. The van der Waals surface area contributed by atoms with Crippen LogP contribution in [0.1, 0.15) is 24.5 Å². The maximum atomic E-state index is 12.4. The molecule has 0 aromatic heterocycles. The minimum atomic E-state index is -0.545. The fourth-order valence-corrected chi connectivity index (χ4v) is 3.02. The third-order valence-electron chi connectivity index (χ3n) is 4.38. The van der Waals surface area contributed by atoms with E-state index in [9.17, 15) is 9.59 Å². The van der Waals surface area contributed by atoms with Crippen LogP contribution in [-0.4, -0.2) is 24.5 Å². The van der Waals surface area contributed by atoms with Crippen molar-refractivity contribution in [3.8, 4) is 5.75 Å². The van der Waals surface area contributed by atoms with E-state index in [2.05, 4.69) is 5.32 Å². The summed E-state index contributed by atoms with van der Waals surface area (Å²) in [5.74, 6) is 0.435. The van der Waals surface area contributed by atoms with Crippen LogP contribution in [-0.2, 0) is 9.59 Å². The number of benzene rings is 2. The fraction of sp³-hybridized carbons (Fsp3) is 0.300. The highest BCUT2D eigenvalue weighted by Gasteiger charge is 2.31. The second kappa shape index (κ2) is 6.97. The van der Waals surface area contributed by atoms with Gasteiger partial charge in [-0.2, -0.15) is 0 Å². The summed E-state index contributed by atoms with van der Waals surface area (Å²) in [6.45, 7) is 5.97. The summed E-state index contributed by atoms with van der Waals surface area (Å²) >= 11 is 0. The molecule has 0 saturated heterocycles. The van der Waals surface area contributed by atoms with E-state index in [-0.39, 0.29) is 18.2 Å². The Labute approximate surface area is 147 Å². The molecule has 5 nitrogen and oxygen atoms in total. The molecule has 1 N–H and O–H groups in total. The molecule has 0 bridgehead atoms. The van der Waals surface area contributed by atoms with Crippen molar-refractivity contribution < 1.29 is 14.3 Å². The van der Waals surface area contributed by atoms with Crippen LogP contribution < -0.4 is 15.0 Å². The molecule has 0 unspecified atom stereocenters. The van der Waals surface area contributed by atoms with E-state index in [4.69, 9.17) is 4.74 Å². The smallest absolute Gasteiger partial charge is 0.267 e. The number of ether oxygens (including phenoxy) is 1. The molecule has 25 heavy (non-hydrogen) atoms. The summed E-state index contributed by atoms with van der Waals surface area (Å²) < 4.78 is 5.62. The molecule has 1 aliphatic heterocycles. The highest BCUT2D eigenvalue weighted by atomic mass is 16.5. The number of para-hydroxylation sites is 3. The van der Waals surface area contributed by atoms with Crippen LogP contribution in [0.4, 0.5) is 11.4 Å². The van der Waals surface area contributed by atoms with Gasteiger partial charge < -0.3 is 15.0 Å². The van der Waals surface area contributed by atoms with Gasteiger partial charge in [-0.1, -0.05) is 30.3 Å². The van der Waals surface area contributed by atoms with Gasteiger partial charge >= 0.3 is 0 Å². The third kappa shape index (κ3) is 3.50. The van der Waals surface area contributed by atoms with Gasteiger partial charge in [-0.05, 0) is 44.0 Å². The lowest BCUT2D eigenvalue weighted by Gasteiger charge is -2.32. The first kappa shape index (κ1) is 17.0. The molecule has 1 atom stereocenters. The Morgan fingerprint density at radius 2 is 1.80 bits per heavy atom. The number of carbonyl (C=O) groups is 2. The average molecular weight is 338 g/mol. The summed E-state index contributed by atoms with van der Waals surface area (Å²) in [5, 5.41) is 2.96. The Balaban J connectivity index is 1.71. The van der Waals surface area contributed by atoms with Crippen LogP contribution in [0, 0.1) is 13.8 Å². The number of hydrogen-bond acceptors (Lipinski definition) is 3. The van der Waals surface area contributed by atoms with Crippen molar-refractivity contribution in [2.45, 2.75) is 33.3 Å². The number of anilines is 2. The highest BCUT2D eigenvalue weighted by molar-refractivity contribution is 6.01. The van der Waals surface area contributed by atoms with Gasteiger partial charge in [0.1, 0.15) is 5.75 Å². The first-order valence-electron chi connectivity index (χ1n) is 8.40. The molecule has 5 heteroatoms. The van der Waals surface area contributed by atoms with Gasteiger partial charge in [0.15, 0.2) is 6.10 Å². The summed E-state index contributed by atoms with van der Waals surface area (Å²) in [4.78, 5) is 26.4. The highest BCUT2D eigenvalue weighted by Crippen LogP contribution is 2.33. The van der Waals surface area contributed by atoms with E-state index in [0.29, 0.717) is 18.0 Å². The zero-order valence-corrected chi connectivity index (χ0v) is 14.7. The number of fused-ring (bicyclic) bond motifs is 1. The van der Waals surface area contributed by atoms with E-state index in [1.165, 1.54) is 0 Å². The van der Waals surface area contributed by atoms with E-state index in [0.717, 1.165) is 16.8 Å². The minimum Gasteiger partial charge on any atom is -0.479 e. The summed E-state index contributed by atoms with van der Waals surface area (Å²) in [5.41, 5.74) is 3.60. The van der Waals surface area contributed by atoms with Gasteiger partial charge in [-0.15, -0.1) is 0 Å². The number of nitrogens with one attached hydrogen (secondary N) is 1. The largest absolute Gasteiger partial charge is 0.479 e. The second-order valence-electron chi connectivity index (χ2n) is 6.28. The van der Waals surface area contributed by atoms with Crippen LogP contribution in [0.2, 0.25) is 0 Å². The molecule has 2 aromatic carbocycles. The van der Waals surface area contributed by atoms with Crippen molar-refractivity contribution in [3.05, 3.63) is 53.6 Å². The Morgan fingerprint density at radius 1 is 1.12 bits per heavy atom. The Hall–Kier alpha value is -2.82. The van der Waals surface area contributed by atoms with Gasteiger partial charge in [-0.25, -0.2) is 0 Å². The van der Waals surface area contributed by atoms with E-state index in [1.807, 2.05) is 56.3 Å². The zero-order chi connectivity index (χ0) is 18.0. The van der Waals surface area contributed by atoms with Gasteiger partial charge in [0.2, 0.25) is 5.91 Å². The monoisotopic (exact) mass is 338 g/mol. The molecule has 3 rings (SSSR count). The molecule has 0 fully saturated rings. The quantitative estimate of drug-likeness (QED) is 0.929. The van der Waals surface area contributed by atoms with Crippen LogP contribution in [0.25, 0.3) is 0 Å². The SMILES string of the molecule is Cc1cccc(C)c1NC(=O)CCN1C(=O)[C@H](C)Oc2ccccc21. The predicted octanol–water partition coefficient (Wildman–Crippen LogP) is 3.45. The van der Waals surface area contributed by atoms with Crippen molar-refractivity contribution in [1.82, 2.24) is 0 Å². The Kier molecular flexibility index (Phi) is 4.74. The maximum absolute atomic E-state index is 12.4. The number of amides is 2. The van der Waals surface area contributed by atoms with Crippen LogP contribution in [0.3, 0.4) is 0 Å². The molecule has 1 heterocycles. The molecular weight excluding hydrogens is 316 g/mol. The van der Waals surface area contributed by atoms with E-state index in [1.54, 1.807) is 11.8 Å². The van der Waals surface area contributed by atoms with Crippen LogP contribution in [0.5, 0.6) is 5.75 Å². The normalized spacial score (nSPS) is 16.2. The topological polar surface area (TPSA) is 58.6 Å². The number of nitrogens with zero attached hydrogens (tertiary/aromatic N) is 1. The van der Waals surface area contributed by atoms with Gasteiger partial charge in [0.05, 0.1) is 5.69 Å². The summed E-state index contributed by atoms with van der Waals surface area (Å²) in [7, 11) is 0. The van der Waals surface area contributed by atoms with Crippen molar-refractivity contribution in [3.63, 3.8) is 0 Å². The molecule has 1 aliphatic rings. The maximum Gasteiger partial charge on any atom is 0.267 e.